The second-order valence-corrected chi connectivity index (χ2v) is 6.47. The molecular weight excluding hydrogens is 316 g/mol. The maximum Gasteiger partial charge on any atom is 0.305 e. The molecule has 0 radical (unpaired) electrons. The Morgan fingerprint density at radius 3 is 2.83 bits per heavy atom. The van der Waals surface area contributed by atoms with E-state index in [9.17, 15) is 9.59 Å². The van der Waals surface area contributed by atoms with Crippen LogP contribution in [-0.2, 0) is 11.3 Å². The fourth-order valence-corrected chi connectivity index (χ4v) is 3.24. The quantitative estimate of drug-likeness (QED) is 0.811. The lowest BCUT2D eigenvalue weighted by Crippen LogP contribution is -2.21. The van der Waals surface area contributed by atoms with Crippen LogP contribution in [0.3, 0.4) is 0 Å². The van der Waals surface area contributed by atoms with Crippen LogP contribution in [-0.4, -0.2) is 41.7 Å². The minimum atomic E-state index is -0.834. The second-order valence-electron chi connectivity index (χ2n) is 5.40. The standard InChI is InChI=1S/C16H20N2O4S/c1-10-4-5-12(22-3)11(8-10)15-13(23-16(21)17-15)9-18(2)7-6-14(19)20/h4-5,8H,6-7,9H2,1-3H3,(H,17,21)(H,19,20). The number of benzene rings is 1. The van der Waals surface area contributed by atoms with Gasteiger partial charge >= 0.3 is 10.8 Å². The maximum atomic E-state index is 11.8. The van der Waals surface area contributed by atoms with E-state index >= 15 is 0 Å². The van der Waals surface area contributed by atoms with Crippen LogP contribution < -0.4 is 9.61 Å². The fourth-order valence-electron chi connectivity index (χ4n) is 2.32. The highest BCUT2D eigenvalue weighted by atomic mass is 32.1. The molecule has 0 amide bonds. The van der Waals surface area contributed by atoms with Crippen molar-refractivity contribution in [3.8, 4) is 17.0 Å². The number of hydrogen-bond donors (Lipinski definition) is 2. The van der Waals surface area contributed by atoms with Crippen molar-refractivity contribution in [3.63, 3.8) is 0 Å². The van der Waals surface area contributed by atoms with Crippen molar-refractivity contribution < 1.29 is 14.6 Å². The van der Waals surface area contributed by atoms with Crippen molar-refractivity contribution in [3.05, 3.63) is 38.3 Å². The number of hydrogen-bond acceptors (Lipinski definition) is 5. The number of carbonyl (C=O) groups is 1. The van der Waals surface area contributed by atoms with E-state index in [1.165, 1.54) is 0 Å². The molecule has 0 aliphatic rings. The summed E-state index contributed by atoms with van der Waals surface area (Å²) in [5.74, 6) is -0.140. The Morgan fingerprint density at radius 1 is 1.43 bits per heavy atom. The number of carboxylic acid groups (broad SMARTS) is 1. The highest BCUT2D eigenvalue weighted by molar-refractivity contribution is 7.09. The molecule has 2 rings (SSSR count). The molecule has 1 aromatic carbocycles. The molecule has 0 fully saturated rings. The SMILES string of the molecule is COc1ccc(C)cc1-c1[nH]c(=O)sc1CN(C)CCC(=O)O. The van der Waals surface area contributed by atoms with Crippen molar-refractivity contribution in [2.75, 3.05) is 20.7 Å². The van der Waals surface area contributed by atoms with Crippen molar-refractivity contribution in [2.24, 2.45) is 0 Å². The Bertz CT molecular complexity index is 751. The van der Waals surface area contributed by atoms with Crippen LogP contribution in [0, 0.1) is 6.92 Å². The Balaban J connectivity index is 2.32. The number of H-pyrrole nitrogens is 1. The molecule has 6 nitrogen and oxygen atoms in total. The second kappa shape index (κ2) is 7.43. The summed E-state index contributed by atoms with van der Waals surface area (Å²) in [5, 5.41) is 8.77. The number of rotatable bonds is 7. The van der Waals surface area contributed by atoms with Gasteiger partial charge in [0.1, 0.15) is 5.75 Å². The number of aliphatic carboxylic acids is 1. The lowest BCUT2D eigenvalue weighted by atomic mass is 10.1. The zero-order valence-corrected chi connectivity index (χ0v) is 14.2. The van der Waals surface area contributed by atoms with Gasteiger partial charge in [0.25, 0.3) is 0 Å². The number of carboxylic acids is 1. The van der Waals surface area contributed by atoms with Crippen LogP contribution in [0.2, 0.25) is 0 Å². The van der Waals surface area contributed by atoms with Crippen LogP contribution in [0.1, 0.15) is 16.9 Å². The lowest BCUT2D eigenvalue weighted by Gasteiger charge is -2.16. The molecule has 0 saturated carbocycles. The van der Waals surface area contributed by atoms with E-state index in [4.69, 9.17) is 9.84 Å². The summed E-state index contributed by atoms with van der Waals surface area (Å²) >= 11 is 1.14. The Kier molecular flexibility index (Phi) is 5.57. The number of methoxy groups -OCH3 is 1. The van der Waals surface area contributed by atoms with Gasteiger partial charge in [0.15, 0.2) is 0 Å². The first-order chi connectivity index (χ1) is 10.9. The van der Waals surface area contributed by atoms with Gasteiger partial charge in [-0.3, -0.25) is 9.59 Å². The summed E-state index contributed by atoms with van der Waals surface area (Å²) in [6.07, 6.45) is 0.0684. The van der Waals surface area contributed by atoms with Gasteiger partial charge < -0.3 is 19.7 Å². The van der Waals surface area contributed by atoms with E-state index in [1.54, 1.807) is 7.11 Å². The maximum absolute atomic E-state index is 11.8. The first kappa shape index (κ1) is 17.2. The average molecular weight is 336 g/mol. The zero-order chi connectivity index (χ0) is 17.0. The molecule has 0 bridgehead atoms. The third-order valence-electron chi connectivity index (χ3n) is 3.47. The molecule has 0 unspecified atom stereocenters. The fraction of sp³-hybridized carbons (Fsp3) is 0.375. The Labute approximate surface area is 138 Å². The molecule has 2 aromatic rings. The monoisotopic (exact) mass is 336 g/mol. The van der Waals surface area contributed by atoms with Crippen LogP contribution in [0.25, 0.3) is 11.3 Å². The Morgan fingerprint density at radius 2 is 2.17 bits per heavy atom. The summed E-state index contributed by atoms with van der Waals surface area (Å²) in [6, 6.07) is 5.79. The molecule has 1 heterocycles. The molecule has 23 heavy (non-hydrogen) atoms. The van der Waals surface area contributed by atoms with Gasteiger partial charge in [-0.05, 0) is 26.1 Å². The number of aryl methyl sites for hydroxylation is 1. The first-order valence-electron chi connectivity index (χ1n) is 7.18. The first-order valence-corrected chi connectivity index (χ1v) is 7.99. The third kappa shape index (κ3) is 4.43. The highest BCUT2D eigenvalue weighted by Crippen LogP contribution is 2.33. The van der Waals surface area contributed by atoms with Crippen molar-refractivity contribution in [1.29, 1.82) is 0 Å². The van der Waals surface area contributed by atoms with Crippen molar-refractivity contribution in [1.82, 2.24) is 9.88 Å². The van der Waals surface area contributed by atoms with Gasteiger partial charge in [-0.25, -0.2) is 0 Å². The van der Waals surface area contributed by atoms with E-state index in [1.807, 2.05) is 37.1 Å². The smallest absolute Gasteiger partial charge is 0.305 e. The molecule has 0 atom stereocenters. The normalized spacial score (nSPS) is 11.0. The molecule has 0 aliphatic heterocycles. The molecule has 2 N–H and O–H groups in total. The average Bonchev–Trinajstić information content (AvgIpc) is 2.85. The van der Waals surface area contributed by atoms with E-state index in [2.05, 4.69) is 4.98 Å². The predicted molar refractivity (Wildman–Crippen MR) is 90.3 cm³/mol. The van der Waals surface area contributed by atoms with Gasteiger partial charge in [-0.15, -0.1) is 0 Å². The van der Waals surface area contributed by atoms with E-state index in [0.29, 0.717) is 18.8 Å². The number of ether oxygens (including phenoxy) is 1. The summed E-state index contributed by atoms with van der Waals surface area (Å²) < 4.78 is 5.39. The molecule has 7 heteroatoms. The zero-order valence-electron chi connectivity index (χ0n) is 13.4. The van der Waals surface area contributed by atoms with E-state index in [-0.39, 0.29) is 11.3 Å². The van der Waals surface area contributed by atoms with Gasteiger partial charge in [-0.1, -0.05) is 23.0 Å². The highest BCUT2D eigenvalue weighted by Gasteiger charge is 2.16. The third-order valence-corrected chi connectivity index (χ3v) is 4.33. The van der Waals surface area contributed by atoms with E-state index in [0.717, 1.165) is 33.0 Å². The van der Waals surface area contributed by atoms with Gasteiger partial charge in [0, 0.05) is 23.5 Å². The largest absolute Gasteiger partial charge is 0.496 e. The van der Waals surface area contributed by atoms with Crippen molar-refractivity contribution in [2.45, 2.75) is 19.9 Å². The van der Waals surface area contributed by atoms with Gasteiger partial charge in [-0.2, -0.15) is 0 Å². The summed E-state index contributed by atoms with van der Waals surface area (Å²) in [5.41, 5.74) is 2.65. The molecule has 0 spiro atoms. The number of nitrogens with one attached hydrogen (secondary N) is 1. The van der Waals surface area contributed by atoms with Crippen LogP contribution in [0.5, 0.6) is 5.75 Å². The predicted octanol–water partition coefficient (Wildman–Crippen LogP) is 2.33. The molecule has 0 saturated heterocycles. The van der Waals surface area contributed by atoms with Crippen LogP contribution in [0.15, 0.2) is 23.0 Å². The number of thiazole rings is 1. The van der Waals surface area contributed by atoms with Gasteiger partial charge in [0.2, 0.25) is 0 Å². The Hall–Kier alpha value is -2.12. The summed E-state index contributed by atoms with van der Waals surface area (Å²) in [4.78, 5) is 28.0. The molecule has 1 aromatic heterocycles. The van der Waals surface area contributed by atoms with Gasteiger partial charge in [0.05, 0.1) is 19.2 Å². The molecular formula is C16H20N2O4S. The molecule has 0 aliphatic carbocycles. The minimum Gasteiger partial charge on any atom is -0.496 e. The number of aromatic amines is 1. The summed E-state index contributed by atoms with van der Waals surface area (Å²) in [7, 11) is 3.43. The molecule has 124 valence electrons. The number of aromatic nitrogens is 1. The van der Waals surface area contributed by atoms with E-state index < -0.39 is 5.97 Å². The van der Waals surface area contributed by atoms with Crippen LogP contribution >= 0.6 is 11.3 Å². The number of nitrogens with zero attached hydrogens (tertiary/aromatic N) is 1. The topological polar surface area (TPSA) is 82.6 Å². The van der Waals surface area contributed by atoms with Crippen molar-refractivity contribution >= 4 is 17.3 Å². The lowest BCUT2D eigenvalue weighted by molar-refractivity contribution is -0.137. The minimum absolute atomic E-state index is 0.0684. The summed E-state index contributed by atoms with van der Waals surface area (Å²) in [6.45, 7) is 2.90. The van der Waals surface area contributed by atoms with Crippen LogP contribution in [0.4, 0.5) is 0 Å².